The van der Waals surface area contributed by atoms with Crippen molar-refractivity contribution in [3.63, 3.8) is 0 Å². The van der Waals surface area contributed by atoms with Gasteiger partial charge >= 0.3 is 0 Å². The number of rotatable bonds is 1. The van der Waals surface area contributed by atoms with Crippen LogP contribution in [0.5, 0.6) is 0 Å². The number of thiophene rings is 1. The van der Waals surface area contributed by atoms with Gasteiger partial charge in [0.15, 0.2) is 0 Å². The minimum atomic E-state index is 0.268. The standard InChI is InChI=1S/C10H15NOS.C2H6/c1-6-9-7(5-12)3-2-4-8(9)13-10(6)11;1-2/h7,12H,2-5,11H2,1H3;1-2H3. The summed E-state index contributed by atoms with van der Waals surface area (Å²) in [5.74, 6) is 0.345. The van der Waals surface area contributed by atoms with Crippen LogP contribution in [0, 0.1) is 6.92 Å². The van der Waals surface area contributed by atoms with E-state index in [2.05, 4.69) is 6.92 Å². The van der Waals surface area contributed by atoms with E-state index in [1.807, 2.05) is 13.8 Å². The van der Waals surface area contributed by atoms with Crippen molar-refractivity contribution in [1.82, 2.24) is 0 Å². The van der Waals surface area contributed by atoms with Crippen molar-refractivity contribution in [2.75, 3.05) is 12.3 Å². The summed E-state index contributed by atoms with van der Waals surface area (Å²) < 4.78 is 0. The van der Waals surface area contributed by atoms with Crippen LogP contribution < -0.4 is 5.73 Å². The molecule has 1 unspecified atom stereocenters. The summed E-state index contributed by atoms with van der Waals surface area (Å²) in [6, 6.07) is 0. The van der Waals surface area contributed by atoms with Crippen LogP contribution in [-0.4, -0.2) is 11.7 Å². The molecule has 0 aromatic carbocycles. The van der Waals surface area contributed by atoms with Gasteiger partial charge < -0.3 is 10.8 Å². The average Bonchev–Trinajstić information content (AvgIpc) is 2.58. The van der Waals surface area contributed by atoms with E-state index in [1.54, 1.807) is 11.3 Å². The molecule has 0 amide bonds. The van der Waals surface area contributed by atoms with Gasteiger partial charge in [0, 0.05) is 17.4 Å². The number of hydrogen-bond donors (Lipinski definition) is 2. The predicted octanol–water partition coefficient (Wildman–Crippen LogP) is 3.08. The van der Waals surface area contributed by atoms with Crippen molar-refractivity contribution in [1.29, 1.82) is 0 Å². The lowest BCUT2D eigenvalue weighted by Crippen LogP contribution is -2.11. The summed E-state index contributed by atoms with van der Waals surface area (Å²) in [4.78, 5) is 1.40. The highest BCUT2D eigenvalue weighted by molar-refractivity contribution is 7.16. The van der Waals surface area contributed by atoms with Crippen LogP contribution in [0.3, 0.4) is 0 Å². The van der Waals surface area contributed by atoms with E-state index in [-0.39, 0.29) is 6.61 Å². The number of nitrogens with two attached hydrogens (primary N) is 1. The summed E-state index contributed by atoms with van der Waals surface area (Å²) >= 11 is 1.70. The van der Waals surface area contributed by atoms with E-state index in [9.17, 15) is 5.11 Å². The first kappa shape index (κ1) is 12.5. The zero-order valence-corrected chi connectivity index (χ0v) is 10.7. The molecule has 2 nitrogen and oxygen atoms in total. The van der Waals surface area contributed by atoms with Crippen molar-refractivity contribution >= 4 is 16.3 Å². The van der Waals surface area contributed by atoms with Gasteiger partial charge in [0.2, 0.25) is 0 Å². The smallest absolute Gasteiger partial charge is 0.0891 e. The number of aliphatic hydroxyl groups is 1. The van der Waals surface area contributed by atoms with Gasteiger partial charge in [0.05, 0.1) is 5.00 Å². The lowest BCUT2D eigenvalue weighted by Gasteiger charge is -2.21. The Kier molecular flexibility index (Phi) is 4.61. The topological polar surface area (TPSA) is 46.2 Å². The van der Waals surface area contributed by atoms with Gasteiger partial charge in [-0.05, 0) is 37.3 Å². The fourth-order valence-corrected chi connectivity index (χ4v) is 3.37. The molecule has 1 aliphatic carbocycles. The largest absolute Gasteiger partial charge is 0.396 e. The summed E-state index contributed by atoms with van der Waals surface area (Å²) in [7, 11) is 0. The van der Waals surface area contributed by atoms with Crippen LogP contribution >= 0.6 is 11.3 Å². The van der Waals surface area contributed by atoms with E-state index >= 15 is 0 Å². The Morgan fingerprint density at radius 1 is 1.47 bits per heavy atom. The molecule has 1 aromatic heterocycles. The first-order valence-corrected chi connectivity index (χ1v) is 6.54. The van der Waals surface area contributed by atoms with Crippen LogP contribution in [0.4, 0.5) is 5.00 Å². The maximum absolute atomic E-state index is 9.24. The second-order valence-corrected chi connectivity index (χ2v) is 4.84. The fraction of sp³-hybridized carbons (Fsp3) is 0.667. The number of fused-ring (bicyclic) bond motifs is 1. The number of hydrogen-bond acceptors (Lipinski definition) is 3. The molecule has 86 valence electrons. The van der Waals surface area contributed by atoms with E-state index < -0.39 is 0 Å². The minimum absolute atomic E-state index is 0.268. The first-order valence-electron chi connectivity index (χ1n) is 5.72. The SMILES string of the molecule is CC.Cc1c(N)sc2c1C(CO)CCC2. The Morgan fingerprint density at radius 3 is 2.73 bits per heavy atom. The van der Waals surface area contributed by atoms with E-state index in [0.717, 1.165) is 17.8 Å². The molecule has 0 saturated carbocycles. The Hall–Kier alpha value is -0.540. The summed E-state index contributed by atoms with van der Waals surface area (Å²) in [5, 5.41) is 10.2. The zero-order valence-electron chi connectivity index (χ0n) is 9.84. The molecule has 3 heteroatoms. The quantitative estimate of drug-likeness (QED) is 0.774. The van der Waals surface area contributed by atoms with Gasteiger partial charge in [-0.2, -0.15) is 0 Å². The summed E-state index contributed by atoms with van der Waals surface area (Å²) in [6.45, 7) is 6.34. The molecule has 1 aromatic rings. The third kappa shape index (κ3) is 2.34. The van der Waals surface area contributed by atoms with Crippen LogP contribution in [-0.2, 0) is 6.42 Å². The van der Waals surface area contributed by atoms with Crippen molar-refractivity contribution in [3.8, 4) is 0 Å². The third-order valence-corrected chi connectivity index (χ3v) is 4.09. The molecule has 2 rings (SSSR count). The Morgan fingerprint density at radius 2 is 2.13 bits per heavy atom. The molecule has 1 aliphatic rings. The van der Waals surface area contributed by atoms with Crippen LogP contribution in [0.25, 0.3) is 0 Å². The van der Waals surface area contributed by atoms with Crippen molar-refractivity contribution in [2.24, 2.45) is 0 Å². The van der Waals surface area contributed by atoms with Gasteiger partial charge in [-0.1, -0.05) is 13.8 Å². The fourth-order valence-electron chi connectivity index (χ4n) is 2.16. The Bertz CT molecular complexity index is 320. The normalized spacial score (nSPS) is 19.1. The van der Waals surface area contributed by atoms with Gasteiger partial charge in [-0.15, -0.1) is 11.3 Å². The molecule has 0 saturated heterocycles. The third-order valence-electron chi connectivity index (χ3n) is 2.89. The molecule has 1 atom stereocenters. The Labute approximate surface area is 96.1 Å². The molecule has 0 fully saturated rings. The highest BCUT2D eigenvalue weighted by Gasteiger charge is 2.24. The molecule has 0 spiro atoms. The number of nitrogen functional groups attached to an aromatic ring is 1. The maximum Gasteiger partial charge on any atom is 0.0891 e. The molecule has 15 heavy (non-hydrogen) atoms. The molecule has 0 radical (unpaired) electrons. The van der Waals surface area contributed by atoms with Gasteiger partial charge in [0.1, 0.15) is 0 Å². The van der Waals surface area contributed by atoms with Crippen LogP contribution in [0.1, 0.15) is 48.6 Å². The molecular formula is C12H21NOS. The predicted molar refractivity (Wildman–Crippen MR) is 67.6 cm³/mol. The summed E-state index contributed by atoms with van der Waals surface area (Å²) in [6.07, 6.45) is 3.45. The van der Waals surface area contributed by atoms with Crippen molar-refractivity contribution < 1.29 is 5.11 Å². The molecule has 0 bridgehead atoms. The maximum atomic E-state index is 9.24. The van der Waals surface area contributed by atoms with Crippen molar-refractivity contribution in [2.45, 2.75) is 46.0 Å². The molecule has 3 N–H and O–H groups in total. The lowest BCUT2D eigenvalue weighted by atomic mass is 9.86. The number of aryl methyl sites for hydroxylation is 1. The average molecular weight is 227 g/mol. The van der Waals surface area contributed by atoms with E-state index in [4.69, 9.17) is 5.73 Å². The highest BCUT2D eigenvalue weighted by Crippen LogP contribution is 2.41. The van der Waals surface area contributed by atoms with Crippen molar-refractivity contribution in [3.05, 3.63) is 16.0 Å². The minimum Gasteiger partial charge on any atom is -0.396 e. The highest BCUT2D eigenvalue weighted by atomic mass is 32.1. The number of anilines is 1. The zero-order chi connectivity index (χ0) is 11.4. The Balaban J connectivity index is 0.000000531. The van der Waals surface area contributed by atoms with E-state index in [0.29, 0.717) is 5.92 Å². The monoisotopic (exact) mass is 227 g/mol. The lowest BCUT2D eigenvalue weighted by molar-refractivity contribution is 0.253. The summed E-state index contributed by atoms with van der Waals surface area (Å²) in [5.41, 5.74) is 8.43. The molecule has 0 aliphatic heterocycles. The number of aliphatic hydroxyl groups excluding tert-OH is 1. The molecule has 1 heterocycles. The van der Waals surface area contributed by atoms with Crippen LogP contribution in [0.2, 0.25) is 0 Å². The van der Waals surface area contributed by atoms with Gasteiger partial charge in [-0.3, -0.25) is 0 Å². The second kappa shape index (κ2) is 5.52. The van der Waals surface area contributed by atoms with E-state index in [1.165, 1.54) is 22.4 Å². The van der Waals surface area contributed by atoms with Crippen LogP contribution in [0.15, 0.2) is 0 Å². The second-order valence-electron chi connectivity index (χ2n) is 3.70. The van der Waals surface area contributed by atoms with Gasteiger partial charge in [0.25, 0.3) is 0 Å². The molecular weight excluding hydrogens is 206 g/mol. The first-order chi connectivity index (χ1) is 7.24. The van der Waals surface area contributed by atoms with Gasteiger partial charge in [-0.25, -0.2) is 0 Å².